The monoisotopic (exact) mass is 699 g/mol. The molecule has 0 radical (unpaired) electrons. The van der Waals surface area contributed by atoms with Crippen molar-refractivity contribution in [3.8, 4) is 6.07 Å². The molecule has 2 fully saturated rings. The Morgan fingerprint density at radius 3 is 2.12 bits per heavy atom. The van der Waals surface area contributed by atoms with Crippen molar-refractivity contribution in [2.24, 2.45) is 0 Å². The van der Waals surface area contributed by atoms with E-state index in [0.29, 0.717) is 11.1 Å². The van der Waals surface area contributed by atoms with E-state index in [0.717, 1.165) is 4.90 Å². The van der Waals surface area contributed by atoms with Gasteiger partial charge < -0.3 is 19.7 Å². The van der Waals surface area contributed by atoms with Gasteiger partial charge >= 0.3 is 18.0 Å². The molecule has 2 saturated heterocycles. The largest absolute Gasteiger partial charge is 0.460 e. The van der Waals surface area contributed by atoms with Crippen LogP contribution in [-0.4, -0.2) is 89.0 Å². The van der Waals surface area contributed by atoms with Gasteiger partial charge in [0, 0.05) is 36.1 Å². The molecule has 2 aliphatic rings. The number of carbonyl (C=O) groups is 5. The smallest absolute Gasteiger partial charge is 0.332 e. The van der Waals surface area contributed by atoms with Crippen LogP contribution in [0.5, 0.6) is 0 Å². The predicted octanol–water partition coefficient (Wildman–Crippen LogP) is 4.66. The normalized spacial score (nSPS) is 20.5. The maximum atomic E-state index is 14.4. The molecule has 256 valence electrons. The van der Waals surface area contributed by atoms with Gasteiger partial charge in [-0.2, -0.15) is 5.26 Å². The molecule has 0 saturated carbocycles. The third-order valence-electron chi connectivity index (χ3n) is 7.86. The average Bonchev–Trinajstić information content (AvgIpc) is 3.41. The van der Waals surface area contributed by atoms with Crippen LogP contribution in [0, 0.1) is 11.3 Å². The molecule has 2 aromatic rings. The Bertz CT molecular complexity index is 1640. The number of hydrogen-bond acceptors (Lipinski definition) is 9. The summed E-state index contributed by atoms with van der Waals surface area (Å²) in [7, 11) is 1.52. The van der Waals surface area contributed by atoms with E-state index >= 15 is 0 Å². The van der Waals surface area contributed by atoms with E-state index in [-0.39, 0.29) is 35.4 Å². The lowest BCUT2D eigenvalue weighted by Crippen LogP contribution is -2.54. The van der Waals surface area contributed by atoms with E-state index in [4.69, 9.17) is 32.7 Å². The lowest BCUT2D eigenvalue weighted by Gasteiger charge is -2.34. The molecule has 14 heteroatoms. The van der Waals surface area contributed by atoms with Crippen LogP contribution in [0.15, 0.2) is 42.5 Å². The van der Waals surface area contributed by atoms with Crippen LogP contribution in [0.25, 0.3) is 0 Å². The zero-order valence-electron chi connectivity index (χ0n) is 27.9. The number of imide groups is 1. The number of urea groups is 1. The van der Waals surface area contributed by atoms with E-state index in [1.54, 1.807) is 70.7 Å². The number of amides is 4. The molecule has 0 aromatic heterocycles. The van der Waals surface area contributed by atoms with E-state index in [1.165, 1.54) is 30.1 Å². The molecule has 1 spiro atoms. The lowest BCUT2D eigenvalue weighted by atomic mass is 9.80. The summed E-state index contributed by atoms with van der Waals surface area (Å²) in [4.78, 5) is 71.5. The van der Waals surface area contributed by atoms with Crippen LogP contribution in [0.1, 0.15) is 65.0 Å². The number of anilines is 1. The van der Waals surface area contributed by atoms with Crippen LogP contribution >= 0.6 is 23.2 Å². The number of hydrogen-bond donors (Lipinski definition) is 1. The lowest BCUT2D eigenvalue weighted by molar-refractivity contribution is -0.165. The first-order chi connectivity index (χ1) is 22.2. The maximum absolute atomic E-state index is 14.4. The molecule has 4 rings (SSSR count). The number of esters is 2. The SMILES string of the molecule is CN1C(=O)N(c2cc(Cl)cc(Cl)c2)C(=O)[C@]12CN(CC(=O)N[C@@H](CC(=O)OC(C)(C)C)C(=O)OC(C)(C)C)C[C@H]2c1ccc(C#N)cc1. The summed E-state index contributed by atoms with van der Waals surface area (Å²) in [5.41, 5.74) is -1.87. The summed E-state index contributed by atoms with van der Waals surface area (Å²) < 4.78 is 10.8. The Kier molecular flexibility index (Phi) is 10.5. The van der Waals surface area contributed by atoms with E-state index in [9.17, 15) is 29.2 Å². The summed E-state index contributed by atoms with van der Waals surface area (Å²) in [5, 5.41) is 12.4. The van der Waals surface area contributed by atoms with Crippen molar-refractivity contribution in [1.82, 2.24) is 15.1 Å². The summed E-state index contributed by atoms with van der Waals surface area (Å²) in [6.45, 7) is 9.91. The zero-order chi connectivity index (χ0) is 35.8. The van der Waals surface area contributed by atoms with Gasteiger partial charge in [0.1, 0.15) is 22.8 Å². The molecular weight excluding hydrogens is 661 g/mol. The third kappa shape index (κ3) is 8.09. The molecule has 4 amide bonds. The highest BCUT2D eigenvalue weighted by molar-refractivity contribution is 6.35. The van der Waals surface area contributed by atoms with Crippen molar-refractivity contribution in [2.75, 3.05) is 31.6 Å². The quantitative estimate of drug-likeness (QED) is 0.307. The molecule has 2 heterocycles. The number of ether oxygens (including phenoxy) is 2. The second-order valence-corrected chi connectivity index (χ2v) is 14.8. The minimum absolute atomic E-state index is 0.0415. The van der Waals surface area contributed by atoms with Gasteiger partial charge in [-0.3, -0.25) is 19.3 Å². The fourth-order valence-corrected chi connectivity index (χ4v) is 6.49. The highest BCUT2D eigenvalue weighted by Gasteiger charge is 2.64. The molecule has 48 heavy (non-hydrogen) atoms. The number of rotatable bonds is 8. The van der Waals surface area contributed by atoms with Crippen LogP contribution in [-0.2, 0) is 28.7 Å². The Balaban J connectivity index is 1.65. The maximum Gasteiger partial charge on any atom is 0.332 e. The average molecular weight is 701 g/mol. The minimum atomic E-state index is -1.46. The second-order valence-electron chi connectivity index (χ2n) is 13.9. The molecular formula is C34H39Cl2N5O7. The topological polar surface area (TPSA) is 149 Å². The molecule has 2 aromatic carbocycles. The van der Waals surface area contributed by atoms with Gasteiger partial charge in [0.15, 0.2) is 0 Å². The number of nitrogens with zero attached hydrogens (tertiary/aromatic N) is 4. The number of likely N-dealkylation sites (tertiary alicyclic amines) is 1. The van der Waals surface area contributed by atoms with Gasteiger partial charge in [-0.15, -0.1) is 0 Å². The third-order valence-corrected chi connectivity index (χ3v) is 8.30. The van der Waals surface area contributed by atoms with Crippen LogP contribution in [0.4, 0.5) is 10.5 Å². The van der Waals surface area contributed by atoms with Crippen molar-refractivity contribution < 1.29 is 33.4 Å². The molecule has 12 nitrogen and oxygen atoms in total. The van der Waals surface area contributed by atoms with E-state index in [1.807, 2.05) is 0 Å². The fraction of sp³-hybridized carbons (Fsp3) is 0.471. The second kappa shape index (κ2) is 13.7. The molecule has 1 N–H and O–H groups in total. The van der Waals surface area contributed by atoms with Gasteiger partial charge in [-0.25, -0.2) is 14.5 Å². The first kappa shape index (κ1) is 36.7. The Labute approximate surface area is 289 Å². The van der Waals surface area contributed by atoms with Gasteiger partial charge in [0.05, 0.1) is 30.3 Å². The first-order valence-electron chi connectivity index (χ1n) is 15.3. The van der Waals surface area contributed by atoms with Gasteiger partial charge in [-0.05, 0) is 77.4 Å². The number of nitriles is 1. The Morgan fingerprint density at radius 2 is 1.58 bits per heavy atom. The Morgan fingerprint density at radius 1 is 1.00 bits per heavy atom. The molecule has 0 aliphatic carbocycles. The van der Waals surface area contributed by atoms with Crippen LogP contribution in [0.2, 0.25) is 10.0 Å². The minimum Gasteiger partial charge on any atom is -0.460 e. The van der Waals surface area contributed by atoms with Gasteiger partial charge in [0.25, 0.3) is 5.91 Å². The first-order valence-corrected chi connectivity index (χ1v) is 16.0. The number of carbonyl (C=O) groups excluding carboxylic acids is 5. The van der Waals surface area contributed by atoms with E-state index in [2.05, 4.69) is 11.4 Å². The number of likely N-dealkylation sites (N-methyl/N-ethyl adjacent to an activating group) is 1. The van der Waals surface area contributed by atoms with Gasteiger partial charge in [-0.1, -0.05) is 35.3 Å². The Hall–Kier alpha value is -4.18. The van der Waals surface area contributed by atoms with Crippen molar-refractivity contribution in [3.63, 3.8) is 0 Å². The zero-order valence-corrected chi connectivity index (χ0v) is 29.4. The summed E-state index contributed by atoms with van der Waals surface area (Å²) in [5.74, 6) is -3.27. The molecule has 2 aliphatic heterocycles. The number of halogens is 2. The standard InChI is InChI=1S/C34H39Cl2N5O7/c1-32(2,3)47-28(43)15-26(29(44)48-33(4,5)6)38-27(42)18-40-17-25(21-10-8-20(16-37)9-11-21)34(19-40)30(45)41(31(46)39(34)7)24-13-22(35)12-23(36)14-24/h8-14,25-26H,15,17-19H2,1-7H3,(H,38,42)/t25-,26-,34+/m0/s1. The van der Waals surface area contributed by atoms with Crippen LogP contribution < -0.4 is 10.2 Å². The molecule has 0 bridgehead atoms. The highest BCUT2D eigenvalue weighted by Crippen LogP contribution is 2.46. The number of nitrogens with one attached hydrogen (secondary N) is 1. The van der Waals surface area contributed by atoms with Crippen molar-refractivity contribution in [2.45, 2.75) is 76.7 Å². The summed E-state index contributed by atoms with van der Waals surface area (Å²) in [6, 6.07) is 11.2. The summed E-state index contributed by atoms with van der Waals surface area (Å²) >= 11 is 12.4. The van der Waals surface area contributed by atoms with Gasteiger partial charge in [0.2, 0.25) is 5.91 Å². The summed E-state index contributed by atoms with van der Waals surface area (Å²) in [6.07, 6.45) is -0.456. The van der Waals surface area contributed by atoms with Crippen molar-refractivity contribution in [1.29, 1.82) is 5.26 Å². The predicted molar refractivity (Wildman–Crippen MR) is 178 cm³/mol. The van der Waals surface area contributed by atoms with Crippen LogP contribution in [0.3, 0.4) is 0 Å². The van der Waals surface area contributed by atoms with Crippen molar-refractivity contribution in [3.05, 3.63) is 63.6 Å². The molecule has 0 unspecified atom stereocenters. The van der Waals surface area contributed by atoms with E-state index < -0.39 is 64.9 Å². The molecule has 3 atom stereocenters. The number of benzene rings is 2. The highest BCUT2D eigenvalue weighted by atomic mass is 35.5. The van der Waals surface area contributed by atoms with Crippen molar-refractivity contribution >= 4 is 58.7 Å². The fourth-order valence-electron chi connectivity index (χ4n) is 5.97.